The van der Waals surface area contributed by atoms with E-state index in [-0.39, 0.29) is 17.4 Å². The highest BCUT2D eigenvalue weighted by Crippen LogP contribution is 2.48. The third kappa shape index (κ3) is 6.19. The van der Waals surface area contributed by atoms with Gasteiger partial charge in [-0.05, 0) is 45.4 Å². The van der Waals surface area contributed by atoms with Gasteiger partial charge in [-0.1, -0.05) is 12.6 Å². The number of nitrogens with one attached hydrogen (secondary N) is 1. The van der Waals surface area contributed by atoms with Gasteiger partial charge in [-0.3, -0.25) is 9.69 Å². The van der Waals surface area contributed by atoms with E-state index in [9.17, 15) is 14.4 Å². The number of hydrogen-bond donors (Lipinski definition) is 1. The maximum atomic E-state index is 12.9. The molecule has 11 nitrogen and oxygen atoms in total. The summed E-state index contributed by atoms with van der Waals surface area (Å²) in [5, 5.41) is 2.45. The average Bonchev–Trinajstić information content (AvgIpc) is 2.88. The van der Waals surface area contributed by atoms with Gasteiger partial charge < -0.3 is 33.7 Å². The van der Waals surface area contributed by atoms with Crippen LogP contribution in [0.15, 0.2) is 42.5 Å². The number of methoxy groups -OCH3 is 4. The molecule has 3 rings (SSSR count). The van der Waals surface area contributed by atoms with E-state index in [2.05, 4.69) is 11.9 Å². The van der Waals surface area contributed by atoms with Crippen LogP contribution in [0.1, 0.15) is 39.3 Å². The first-order chi connectivity index (χ1) is 18.3. The predicted octanol–water partition coefficient (Wildman–Crippen LogP) is 4.18. The zero-order valence-electron chi connectivity index (χ0n) is 23.4. The van der Waals surface area contributed by atoms with E-state index in [1.54, 1.807) is 51.1 Å². The highest BCUT2D eigenvalue weighted by atomic mass is 16.6. The van der Waals surface area contributed by atoms with E-state index in [4.69, 9.17) is 28.4 Å². The van der Waals surface area contributed by atoms with Crippen LogP contribution in [-0.4, -0.2) is 58.1 Å². The highest BCUT2D eigenvalue weighted by Gasteiger charge is 2.43. The summed E-state index contributed by atoms with van der Waals surface area (Å²) in [5.41, 5.74) is 0.727. The second-order valence-electron chi connectivity index (χ2n) is 9.69. The Labute approximate surface area is 227 Å². The third-order valence-electron chi connectivity index (χ3n) is 5.81. The molecule has 0 bridgehead atoms. The largest absolute Gasteiger partial charge is 0.493 e. The van der Waals surface area contributed by atoms with Crippen molar-refractivity contribution in [2.24, 2.45) is 0 Å². The molecule has 2 aromatic rings. The zero-order chi connectivity index (χ0) is 29.1. The first-order valence-electron chi connectivity index (χ1n) is 12.1. The SMILES string of the molecule is C=C1C(=O)N(c2cc(OC)c(OC)c(OC)c2)[C@H]1c1ccc(OC)c(OC(=O)[C@H](C)NC(=O)OC(C)(C)C)c1. The number of amides is 2. The van der Waals surface area contributed by atoms with E-state index < -0.39 is 29.7 Å². The third-order valence-corrected chi connectivity index (χ3v) is 5.81. The van der Waals surface area contributed by atoms with Crippen molar-refractivity contribution in [2.45, 2.75) is 45.4 Å². The van der Waals surface area contributed by atoms with Gasteiger partial charge in [-0.15, -0.1) is 0 Å². The van der Waals surface area contributed by atoms with Crippen LogP contribution >= 0.6 is 0 Å². The summed E-state index contributed by atoms with van der Waals surface area (Å²) in [6, 6.07) is 6.69. The second-order valence-corrected chi connectivity index (χ2v) is 9.69. The summed E-state index contributed by atoms with van der Waals surface area (Å²) in [5.74, 6) is 0.514. The number of carbonyl (C=O) groups is 3. The quantitative estimate of drug-likeness (QED) is 0.215. The van der Waals surface area contributed by atoms with Gasteiger partial charge in [0.25, 0.3) is 5.91 Å². The molecule has 210 valence electrons. The van der Waals surface area contributed by atoms with Crippen molar-refractivity contribution in [3.63, 3.8) is 0 Å². The van der Waals surface area contributed by atoms with Gasteiger partial charge >= 0.3 is 12.1 Å². The molecular weight excluding hydrogens is 508 g/mol. The molecule has 0 aromatic heterocycles. The smallest absolute Gasteiger partial charge is 0.408 e. The van der Waals surface area contributed by atoms with Gasteiger partial charge in [-0.2, -0.15) is 0 Å². The van der Waals surface area contributed by atoms with Crippen LogP contribution in [0.2, 0.25) is 0 Å². The minimum atomic E-state index is -1.01. The Bertz CT molecular complexity index is 1260. The topological polar surface area (TPSA) is 122 Å². The van der Waals surface area contributed by atoms with Crippen LogP contribution in [0.5, 0.6) is 28.7 Å². The molecule has 0 spiro atoms. The summed E-state index contributed by atoms with van der Waals surface area (Å²) in [6.07, 6.45) is -0.752. The van der Waals surface area contributed by atoms with Crippen molar-refractivity contribution in [2.75, 3.05) is 33.3 Å². The van der Waals surface area contributed by atoms with Crippen LogP contribution in [0.4, 0.5) is 10.5 Å². The van der Waals surface area contributed by atoms with Gasteiger partial charge in [-0.25, -0.2) is 9.59 Å². The fraction of sp³-hybridized carbons (Fsp3) is 0.393. The van der Waals surface area contributed by atoms with Crippen molar-refractivity contribution in [3.8, 4) is 28.7 Å². The molecule has 0 aliphatic carbocycles. The number of nitrogens with zero attached hydrogens (tertiary/aromatic N) is 1. The van der Waals surface area contributed by atoms with E-state index in [1.807, 2.05) is 0 Å². The number of hydrogen-bond acceptors (Lipinski definition) is 9. The standard InChI is InChI=1S/C28H34N2O9/c1-15-23(30(25(15)31)18-13-21(35-7)24(37-9)22(14-18)36-8)17-10-11-19(34-6)20(12-17)38-26(32)16(2)29-27(33)39-28(3,4)5/h10-14,16,23H,1H2,2-9H3,(H,29,33)/t16-,23+/m0/s1. The first-order valence-corrected chi connectivity index (χ1v) is 12.1. The molecule has 1 aliphatic heterocycles. The molecule has 39 heavy (non-hydrogen) atoms. The maximum Gasteiger partial charge on any atom is 0.408 e. The lowest BCUT2D eigenvalue weighted by atomic mass is 9.88. The molecule has 1 saturated heterocycles. The Balaban J connectivity index is 1.90. The Hall–Kier alpha value is -4.41. The van der Waals surface area contributed by atoms with Crippen molar-refractivity contribution >= 4 is 23.7 Å². The zero-order valence-corrected chi connectivity index (χ0v) is 23.4. The van der Waals surface area contributed by atoms with Crippen molar-refractivity contribution < 1.29 is 42.8 Å². The Morgan fingerprint density at radius 2 is 1.51 bits per heavy atom. The molecule has 2 atom stereocenters. The molecule has 11 heteroatoms. The number of carbonyl (C=O) groups excluding carboxylic acids is 3. The molecule has 0 saturated carbocycles. The van der Waals surface area contributed by atoms with Gasteiger partial charge in [0.05, 0.1) is 40.2 Å². The van der Waals surface area contributed by atoms with Gasteiger partial charge in [0.1, 0.15) is 11.6 Å². The summed E-state index contributed by atoms with van der Waals surface area (Å²) in [4.78, 5) is 39.3. The fourth-order valence-electron chi connectivity index (χ4n) is 3.98. The van der Waals surface area contributed by atoms with Crippen LogP contribution in [0.3, 0.4) is 0 Å². The van der Waals surface area contributed by atoms with Crippen LogP contribution in [0, 0.1) is 0 Å². The Morgan fingerprint density at radius 3 is 2.03 bits per heavy atom. The Kier molecular flexibility index (Phi) is 8.63. The van der Waals surface area contributed by atoms with Crippen molar-refractivity contribution in [1.82, 2.24) is 5.32 Å². The number of anilines is 1. The molecule has 1 aliphatic rings. The maximum absolute atomic E-state index is 12.9. The van der Waals surface area contributed by atoms with E-state index in [0.717, 1.165) is 0 Å². The monoisotopic (exact) mass is 542 g/mol. The minimum Gasteiger partial charge on any atom is -0.493 e. The minimum absolute atomic E-state index is 0.106. The number of ether oxygens (including phenoxy) is 6. The van der Waals surface area contributed by atoms with E-state index in [0.29, 0.717) is 34.1 Å². The van der Waals surface area contributed by atoms with Crippen molar-refractivity contribution in [1.29, 1.82) is 0 Å². The number of benzene rings is 2. The van der Waals surface area contributed by atoms with Crippen LogP contribution in [-0.2, 0) is 14.3 Å². The number of rotatable bonds is 9. The molecule has 0 radical (unpaired) electrons. The van der Waals surface area contributed by atoms with Gasteiger partial charge in [0.2, 0.25) is 5.75 Å². The fourth-order valence-corrected chi connectivity index (χ4v) is 3.98. The number of esters is 1. The highest BCUT2D eigenvalue weighted by molar-refractivity contribution is 6.15. The molecule has 0 unspecified atom stereocenters. The molecular formula is C28H34N2O9. The lowest BCUT2D eigenvalue weighted by Crippen LogP contribution is -2.48. The summed E-state index contributed by atoms with van der Waals surface area (Å²) >= 11 is 0. The average molecular weight is 543 g/mol. The molecule has 1 heterocycles. The van der Waals surface area contributed by atoms with Crippen LogP contribution < -0.4 is 33.9 Å². The summed E-state index contributed by atoms with van der Waals surface area (Å²) in [6.45, 7) is 10.6. The first kappa shape index (κ1) is 29.2. The number of alkyl carbamates (subject to hydrolysis) is 1. The predicted molar refractivity (Wildman–Crippen MR) is 143 cm³/mol. The van der Waals surface area contributed by atoms with Gasteiger partial charge in [0.15, 0.2) is 23.0 Å². The Morgan fingerprint density at radius 1 is 0.923 bits per heavy atom. The van der Waals surface area contributed by atoms with E-state index >= 15 is 0 Å². The molecule has 1 N–H and O–H groups in total. The second kappa shape index (κ2) is 11.5. The van der Waals surface area contributed by atoms with Crippen molar-refractivity contribution in [3.05, 3.63) is 48.0 Å². The summed E-state index contributed by atoms with van der Waals surface area (Å²) < 4.78 is 32.4. The van der Waals surface area contributed by atoms with Crippen LogP contribution in [0.25, 0.3) is 0 Å². The normalized spacial score (nSPS) is 15.6. The van der Waals surface area contributed by atoms with E-state index in [1.165, 1.54) is 40.3 Å². The molecule has 2 aromatic carbocycles. The molecule has 1 fully saturated rings. The molecule has 2 amide bonds. The lowest BCUT2D eigenvalue weighted by molar-refractivity contribution is -0.136. The summed E-state index contributed by atoms with van der Waals surface area (Å²) in [7, 11) is 5.89. The lowest BCUT2D eigenvalue weighted by Gasteiger charge is -2.42. The van der Waals surface area contributed by atoms with Gasteiger partial charge in [0, 0.05) is 17.7 Å². The number of β-lactam (4-membered cyclic amide) rings is 1.